The summed E-state index contributed by atoms with van der Waals surface area (Å²) in [5, 5.41) is 10.6. The second-order valence-electron chi connectivity index (χ2n) is 3.88. The minimum Gasteiger partial charge on any atom is -0.477 e. The molecule has 0 aliphatic carbocycles. The Morgan fingerprint density at radius 1 is 1.56 bits per heavy atom. The Morgan fingerprint density at radius 2 is 2.25 bits per heavy atom. The normalized spacial score (nSPS) is 10.4. The zero-order valence-corrected chi connectivity index (χ0v) is 9.34. The van der Waals surface area contributed by atoms with Gasteiger partial charge in [0.25, 0.3) is 5.69 Å². The van der Waals surface area contributed by atoms with Gasteiger partial charge in [0.2, 0.25) is 5.88 Å². The Kier molecular flexibility index (Phi) is 4.04. The third kappa shape index (κ3) is 3.72. The quantitative estimate of drug-likeness (QED) is 0.611. The molecule has 1 rings (SSSR count). The monoisotopic (exact) mass is 225 g/mol. The zero-order valence-electron chi connectivity index (χ0n) is 9.34. The van der Waals surface area contributed by atoms with Crippen molar-refractivity contribution < 1.29 is 9.66 Å². The van der Waals surface area contributed by atoms with Gasteiger partial charge < -0.3 is 10.5 Å². The molecule has 0 bridgehead atoms. The molecular weight excluding hydrogens is 210 g/mol. The summed E-state index contributed by atoms with van der Waals surface area (Å²) in [6, 6.07) is 2.48. The number of aromatic nitrogens is 1. The zero-order chi connectivity index (χ0) is 12.1. The number of ether oxygens (including phenoxy) is 1. The number of hydrogen-bond acceptors (Lipinski definition) is 5. The fourth-order valence-corrected chi connectivity index (χ4v) is 1.09. The van der Waals surface area contributed by atoms with Gasteiger partial charge >= 0.3 is 0 Å². The van der Waals surface area contributed by atoms with Crippen LogP contribution >= 0.6 is 0 Å². The van der Waals surface area contributed by atoms with E-state index in [0.717, 1.165) is 6.42 Å². The lowest BCUT2D eigenvalue weighted by molar-refractivity contribution is -0.384. The van der Waals surface area contributed by atoms with E-state index in [4.69, 9.17) is 10.5 Å². The van der Waals surface area contributed by atoms with Crippen LogP contribution in [0.25, 0.3) is 0 Å². The number of nitrogens with zero attached hydrogens (tertiary/aromatic N) is 2. The number of nitrogen functional groups attached to an aromatic ring is 1. The van der Waals surface area contributed by atoms with Gasteiger partial charge in [0.1, 0.15) is 5.82 Å². The predicted molar refractivity (Wildman–Crippen MR) is 60.3 cm³/mol. The van der Waals surface area contributed by atoms with Crippen LogP contribution in [0.1, 0.15) is 20.3 Å². The Labute approximate surface area is 93.6 Å². The van der Waals surface area contributed by atoms with Crippen LogP contribution in [0.15, 0.2) is 12.1 Å². The molecule has 6 heteroatoms. The smallest absolute Gasteiger partial charge is 0.278 e. The molecule has 1 aromatic heterocycles. The molecule has 16 heavy (non-hydrogen) atoms. The third-order valence-corrected chi connectivity index (χ3v) is 1.96. The highest BCUT2D eigenvalue weighted by atomic mass is 16.6. The molecule has 0 amide bonds. The van der Waals surface area contributed by atoms with Crippen LogP contribution in [0.3, 0.4) is 0 Å². The predicted octanol–water partition coefficient (Wildman–Crippen LogP) is 2.00. The van der Waals surface area contributed by atoms with Crippen molar-refractivity contribution in [3.8, 4) is 5.88 Å². The molecule has 0 saturated heterocycles. The molecule has 1 heterocycles. The molecule has 0 unspecified atom stereocenters. The minimum absolute atomic E-state index is 0.0914. The molecule has 0 atom stereocenters. The van der Waals surface area contributed by atoms with E-state index in [1.54, 1.807) is 0 Å². The fraction of sp³-hybridized carbons (Fsp3) is 0.500. The van der Waals surface area contributed by atoms with Crippen LogP contribution in [0.4, 0.5) is 11.5 Å². The molecule has 0 radical (unpaired) electrons. The van der Waals surface area contributed by atoms with Crippen molar-refractivity contribution in [2.24, 2.45) is 5.92 Å². The number of nitrogens with two attached hydrogens (primary N) is 1. The second-order valence-corrected chi connectivity index (χ2v) is 3.88. The Morgan fingerprint density at radius 3 is 2.81 bits per heavy atom. The Bertz CT molecular complexity index is 380. The molecule has 1 aromatic rings. The van der Waals surface area contributed by atoms with E-state index in [0.29, 0.717) is 12.5 Å². The topological polar surface area (TPSA) is 91.3 Å². The standard InChI is InChI=1S/C10H15N3O3/c1-7(2)3-4-16-10-6-8(13(14)15)5-9(11)12-10/h5-7H,3-4H2,1-2H3,(H2,11,12). The largest absolute Gasteiger partial charge is 0.477 e. The molecule has 6 nitrogen and oxygen atoms in total. The number of hydrogen-bond donors (Lipinski definition) is 1. The van der Waals surface area contributed by atoms with Gasteiger partial charge in [-0.25, -0.2) is 0 Å². The number of pyridine rings is 1. The molecule has 88 valence electrons. The van der Waals surface area contributed by atoms with Gasteiger partial charge in [-0.05, 0) is 12.3 Å². The summed E-state index contributed by atoms with van der Waals surface area (Å²) in [6.07, 6.45) is 0.865. The SMILES string of the molecule is CC(C)CCOc1cc([N+](=O)[O-])cc(N)n1. The summed E-state index contributed by atoms with van der Waals surface area (Å²) in [5.74, 6) is 0.803. The lowest BCUT2D eigenvalue weighted by atomic mass is 10.1. The van der Waals surface area contributed by atoms with Gasteiger partial charge in [-0.3, -0.25) is 10.1 Å². The third-order valence-electron chi connectivity index (χ3n) is 1.96. The average Bonchev–Trinajstić information content (AvgIpc) is 2.16. The summed E-state index contributed by atoms with van der Waals surface area (Å²) < 4.78 is 5.29. The van der Waals surface area contributed by atoms with Gasteiger partial charge in [-0.1, -0.05) is 13.8 Å². The van der Waals surface area contributed by atoms with Crippen molar-refractivity contribution in [3.05, 3.63) is 22.2 Å². The van der Waals surface area contributed by atoms with E-state index in [2.05, 4.69) is 18.8 Å². The van der Waals surface area contributed by atoms with Crippen molar-refractivity contribution in [2.45, 2.75) is 20.3 Å². The van der Waals surface area contributed by atoms with Crippen molar-refractivity contribution in [3.63, 3.8) is 0 Å². The van der Waals surface area contributed by atoms with Crippen LogP contribution in [0.2, 0.25) is 0 Å². The molecule has 0 aliphatic heterocycles. The average molecular weight is 225 g/mol. The summed E-state index contributed by atoms with van der Waals surface area (Å²) in [5.41, 5.74) is 5.33. The van der Waals surface area contributed by atoms with Gasteiger partial charge in [0.05, 0.1) is 23.7 Å². The van der Waals surface area contributed by atoms with Gasteiger partial charge in [-0.15, -0.1) is 0 Å². The van der Waals surface area contributed by atoms with Crippen LogP contribution in [0.5, 0.6) is 5.88 Å². The van der Waals surface area contributed by atoms with Crippen molar-refractivity contribution >= 4 is 11.5 Å². The highest BCUT2D eigenvalue weighted by Crippen LogP contribution is 2.20. The van der Waals surface area contributed by atoms with Crippen molar-refractivity contribution in [1.82, 2.24) is 4.98 Å². The summed E-state index contributed by atoms with van der Waals surface area (Å²) in [4.78, 5) is 13.9. The second kappa shape index (κ2) is 5.29. The molecule has 2 N–H and O–H groups in total. The van der Waals surface area contributed by atoms with Crippen molar-refractivity contribution in [1.29, 1.82) is 0 Å². The van der Waals surface area contributed by atoms with E-state index >= 15 is 0 Å². The first-order valence-corrected chi connectivity index (χ1v) is 5.04. The maximum atomic E-state index is 10.6. The highest BCUT2D eigenvalue weighted by Gasteiger charge is 2.10. The van der Waals surface area contributed by atoms with Gasteiger partial charge in [-0.2, -0.15) is 4.98 Å². The van der Waals surface area contributed by atoms with Crippen LogP contribution < -0.4 is 10.5 Å². The number of nitro groups is 1. The van der Waals surface area contributed by atoms with Crippen LogP contribution in [-0.4, -0.2) is 16.5 Å². The van der Waals surface area contributed by atoms with E-state index in [-0.39, 0.29) is 17.4 Å². The Balaban J connectivity index is 2.69. The molecule has 0 spiro atoms. The van der Waals surface area contributed by atoms with Gasteiger partial charge in [0, 0.05) is 0 Å². The first-order chi connectivity index (χ1) is 7.49. The lowest BCUT2D eigenvalue weighted by Crippen LogP contribution is -2.04. The first-order valence-electron chi connectivity index (χ1n) is 5.04. The van der Waals surface area contributed by atoms with Gasteiger partial charge in [0.15, 0.2) is 0 Å². The van der Waals surface area contributed by atoms with E-state index in [1.165, 1.54) is 12.1 Å². The first kappa shape index (κ1) is 12.2. The molecule has 0 saturated carbocycles. The minimum atomic E-state index is -0.520. The summed E-state index contributed by atoms with van der Waals surface area (Å²) in [7, 11) is 0. The van der Waals surface area contributed by atoms with E-state index in [9.17, 15) is 10.1 Å². The lowest BCUT2D eigenvalue weighted by Gasteiger charge is -2.07. The molecule has 0 fully saturated rings. The molecule has 0 aliphatic rings. The molecule has 0 aromatic carbocycles. The van der Waals surface area contributed by atoms with Crippen LogP contribution in [-0.2, 0) is 0 Å². The number of anilines is 1. The molecular formula is C10H15N3O3. The highest BCUT2D eigenvalue weighted by molar-refractivity contribution is 5.45. The van der Waals surface area contributed by atoms with E-state index in [1.807, 2.05) is 0 Å². The maximum Gasteiger partial charge on any atom is 0.278 e. The maximum absolute atomic E-state index is 10.6. The summed E-state index contributed by atoms with van der Waals surface area (Å²) in [6.45, 7) is 4.61. The summed E-state index contributed by atoms with van der Waals surface area (Å²) >= 11 is 0. The van der Waals surface area contributed by atoms with Crippen LogP contribution in [0, 0.1) is 16.0 Å². The van der Waals surface area contributed by atoms with Crippen molar-refractivity contribution in [2.75, 3.05) is 12.3 Å². The Hall–Kier alpha value is -1.85. The number of rotatable bonds is 5. The fourth-order valence-electron chi connectivity index (χ4n) is 1.09. The van der Waals surface area contributed by atoms with E-state index < -0.39 is 4.92 Å².